The van der Waals surface area contributed by atoms with Crippen LogP contribution in [0.2, 0.25) is 0 Å². The summed E-state index contributed by atoms with van der Waals surface area (Å²) in [5, 5.41) is 2.39. The second-order valence-corrected chi connectivity index (χ2v) is 14.3. The van der Waals surface area contributed by atoms with Crippen LogP contribution in [-0.2, 0) is 15.0 Å². The van der Waals surface area contributed by atoms with Crippen LogP contribution < -0.4 is 19.9 Å². The number of carbonyl (C=O) groups excluding carboxylic acids is 3. The molecule has 0 spiro atoms. The van der Waals surface area contributed by atoms with Gasteiger partial charge in [-0.25, -0.2) is 9.69 Å². The number of fused-ring (bicyclic) bond motifs is 1. The number of hydrogen-bond acceptors (Lipinski definition) is 5. The van der Waals surface area contributed by atoms with Gasteiger partial charge in [0.2, 0.25) is 0 Å². The number of nitrogens with zero attached hydrogens (tertiary/aromatic N) is 2. The van der Waals surface area contributed by atoms with E-state index in [2.05, 4.69) is 50.2 Å². The summed E-state index contributed by atoms with van der Waals surface area (Å²) in [5.74, 6) is 2.03. The van der Waals surface area contributed by atoms with Gasteiger partial charge < -0.3 is 9.64 Å². The van der Waals surface area contributed by atoms with Gasteiger partial charge in [-0.15, -0.1) is 0 Å². The maximum atomic E-state index is 13.8. The van der Waals surface area contributed by atoms with Crippen LogP contribution in [0.5, 0.6) is 5.75 Å². The first-order valence-electron chi connectivity index (χ1n) is 15.5. The average Bonchev–Trinajstić information content (AvgIpc) is 2.93. The number of methoxy groups -OCH3 is 1. The standard InChI is InChI=1S/C35H41N3O4/c1-20-16-34(2,3)37(4)29-15-30(42-5)24(13-27(20)29)14-28-31(39)36-33(41)38(32(28)40)26-8-6-25(7-9-26)35-17-21-10-22(18-35)12-23(11-21)19-35/h6-9,13-15,20-23H,10-12,16-19H2,1-5H3,(H,36,39,41)/b28-14-. The maximum Gasteiger partial charge on any atom is 0.335 e. The molecule has 2 aromatic carbocycles. The number of ether oxygens (including phenoxy) is 1. The predicted molar refractivity (Wildman–Crippen MR) is 164 cm³/mol. The minimum Gasteiger partial charge on any atom is -0.496 e. The van der Waals surface area contributed by atoms with Gasteiger partial charge in [0.25, 0.3) is 11.8 Å². The maximum absolute atomic E-state index is 13.8. The van der Waals surface area contributed by atoms with Gasteiger partial charge in [-0.1, -0.05) is 19.1 Å². The van der Waals surface area contributed by atoms with Gasteiger partial charge in [0.15, 0.2) is 0 Å². The van der Waals surface area contributed by atoms with Crippen molar-refractivity contribution in [1.29, 1.82) is 0 Å². The van der Waals surface area contributed by atoms with E-state index in [4.69, 9.17) is 4.74 Å². The molecule has 4 amide bonds. The molecule has 0 aromatic heterocycles. The van der Waals surface area contributed by atoms with Crippen molar-refractivity contribution in [2.24, 2.45) is 17.8 Å². The Hall–Kier alpha value is -3.61. The number of amides is 4. The van der Waals surface area contributed by atoms with Crippen LogP contribution in [0.4, 0.5) is 16.2 Å². The summed E-state index contributed by atoms with van der Waals surface area (Å²) in [4.78, 5) is 43.1. The lowest BCUT2D eigenvalue weighted by Gasteiger charge is -2.57. The van der Waals surface area contributed by atoms with E-state index >= 15 is 0 Å². The first kappa shape index (κ1) is 27.2. The van der Waals surface area contributed by atoms with Gasteiger partial charge in [-0.3, -0.25) is 14.9 Å². The molecule has 8 rings (SSSR count). The number of rotatable bonds is 4. The van der Waals surface area contributed by atoms with E-state index in [1.165, 1.54) is 44.1 Å². The quantitative estimate of drug-likeness (QED) is 0.335. The molecule has 1 unspecified atom stereocenters. The fourth-order valence-corrected chi connectivity index (χ4v) is 9.38. The number of hydrogen-bond donors (Lipinski definition) is 1. The molecule has 42 heavy (non-hydrogen) atoms. The fraction of sp³-hybridized carbons (Fsp3) is 0.514. The van der Waals surface area contributed by atoms with Gasteiger partial charge in [0.05, 0.1) is 12.8 Å². The number of nitrogens with one attached hydrogen (secondary N) is 1. The minimum atomic E-state index is -0.723. The Kier molecular flexibility index (Phi) is 6.13. The molecule has 4 bridgehead atoms. The van der Waals surface area contributed by atoms with E-state index in [1.807, 2.05) is 24.3 Å². The first-order chi connectivity index (χ1) is 20.0. The lowest BCUT2D eigenvalue weighted by Crippen LogP contribution is -2.54. The van der Waals surface area contributed by atoms with Crippen LogP contribution in [0.15, 0.2) is 42.0 Å². The summed E-state index contributed by atoms with van der Waals surface area (Å²) in [6.07, 6.45) is 10.4. The number of anilines is 2. The molecular formula is C35H41N3O4. The summed E-state index contributed by atoms with van der Waals surface area (Å²) in [5.41, 5.74) is 4.78. The largest absolute Gasteiger partial charge is 0.496 e. The summed E-state index contributed by atoms with van der Waals surface area (Å²) >= 11 is 0. The highest BCUT2D eigenvalue weighted by molar-refractivity contribution is 6.39. The van der Waals surface area contributed by atoms with E-state index in [0.29, 0.717) is 17.0 Å². The lowest BCUT2D eigenvalue weighted by atomic mass is 9.48. The van der Waals surface area contributed by atoms with E-state index in [1.54, 1.807) is 13.2 Å². The monoisotopic (exact) mass is 567 g/mol. The van der Waals surface area contributed by atoms with Gasteiger partial charge in [-0.2, -0.15) is 0 Å². The first-order valence-corrected chi connectivity index (χ1v) is 15.5. The number of benzene rings is 2. The molecule has 2 heterocycles. The zero-order valence-electron chi connectivity index (χ0n) is 25.3. The molecule has 6 aliphatic rings. The molecule has 0 radical (unpaired) electrons. The van der Waals surface area contributed by atoms with Crippen LogP contribution >= 0.6 is 0 Å². The molecule has 2 aliphatic heterocycles. The Morgan fingerprint density at radius 1 is 0.929 bits per heavy atom. The van der Waals surface area contributed by atoms with Crippen LogP contribution in [0.3, 0.4) is 0 Å². The molecule has 7 heteroatoms. The second-order valence-electron chi connectivity index (χ2n) is 14.3. The number of urea groups is 1. The third-order valence-electron chi connectivity index (χ3n) is 11.2. The molecule has 1 N–H and O–H groups in total. The zero-order valence-corrected chi connectivity index (χ0v) is 25.3. The number of carbonyl (C=O) groups is 3. The zero-order chi connectivity index (χ0) is 29.6. The summed E-state index contributed by atoms with van der Waals surface area (Å²) in [6.45, 7) is 6.64. The smallest absolute Gasteiger partial charge is 0.335 e. The van der Waals surface area contributed by atoms with Crippen molar-refractivity contribution in [3.8, 4) is 5.75 Å². The van der Waals surface area contributed by atoms with Crippen LogP contribution in [0, 0.1) is 17.8 Å². The Balaban J connectivity index is 1.21. The number of barbiturate groups is 1. The van der Waals surface area contributed by atoms with E-state index < -0.39 is 17.8 Å². The highest BCUT2D eigenvalue weighted by Gasteiger charge is 2.51. The topological polar surface area (TPSA) is 79.0 Å². The van der Waals surface area contributed by atoms with Gasteiger partial charge in [-0.05, 0) is 123 Å². The van der Waals surface area contributed by atoms with Crippen molar-refractivity contribution in [3.05, 3.63) is 58.7 Å². The molecule has 1 atom stereocenters. The molecule has 5 fully saturated rings. The lowest BCUT2D eigenvalue weighted by molar-refractivity contribution is -0.122. The van der Waals surface area contributed by atoms with Crippen molar-refractivity contribution in [2.75, 3.05) is 24.0 Å². The van der Waals surface area contributed by atoms with Crippen molar-refractivity contribution in [3.63, 3.8) is 0 Å². The molecule has 220 valence electrons. The fourth-order valence-electron chi connectivity index (χ4n) is 9.38. The molecule has 2 aromatic rings. The van der Waals surface area contributed by atoms with Gasteiger partial charge in [0, 0.05) is 29.9 Å². The predicted octanol–water partition coefficient (Wildman–Crippen LogP) is 6.55. The summed E-state index contributed by atoms with van der Waals surface area (Å²) < 4.78 is 5.73. The molecule has 4 saturated carbocycles. The van der Waals surface area contributed by atoms with Crippen LogP contribution in [0.25, 0.3) is 6.08 Å². The van der Waals surface area contributed by atoms with Crippen molar-refractivity contribution < 1.29 is 19.1 Å². The molecular weight excluding hydrogens is 526 g/mol. The third-order valence-corrected chi connectivity index (χ3v) is 11.2. The van der Waals surface area contributed by atoms with Crippen LogP contribution in [-0.4, -0.2) is 37.5 Å². The molecule has 4 aliphatic carbocycles. The van der Waals surface area contributed by atoms with Crippen molar-refractivity contribution >= 4 is 35.3 Å². The molecule has 1 saturated heterocycles. The summed E-state index contributed by atoms with van der Waals surface area (Å²) in [6, 6.07) is 11.2. The minimum absolute atomic E-state index is 0.0112. The highest BCUT2D eigenvalue weighted by atomic mass is 16.5. The average molecular weight is 568 g/mol. The van der Waals surface area contributed by atoms with E-state index in [9.17, 15) is 14.4 Å². The number of imide groups is 2. The SMILES string of the molecule is COc1cc2c(cc1/C=C1/C(=O)NC(=O)N(c3ccc(C45CC6CC(CC(C6)C4)C5)cc3)C1=O)C(C)CC(C)(C)N2C. The third kappa shape index (κ3) is 4.18. The van der Waals surface area contributed by atoms with E-state index in [-0.39, 0.29) is 22.4 Å². The van der Waals surface area contributed by atoms with E-state index in [0.717, 1.165) is 40.3 Å². The van der Waals surface area contributed by atoms with Gasteiger partial charge >= 0.3 is 6.03 Å². The van der Waals surface area contributed by atoms with Gasteiger partial charge in [0.1, 0.15) is 11.3 Å². The second kappa shape index (κ2) is 9.45. The summed E-state index contributed by atoms with van der Waals surface area (Å²) in [7, 11) is 3.67. The van der Waals surface area contributed by atoms with Crippen molar-refractivity contribution in [1.82, 2.24) is 5.32 Å². The molecule has 7 nitrogen and oxygen atoms in total. The highest BCUT2D eigenvalue weighted by Crippen LogP contribution is 2.60. The van der Waals surface area contributed by atoms with Crippen molar-refractivity contribution in [2.45, 2.75) is 82.6 Å². The Bertz CT molecular complexity index is 1490. The Labute approximate surface area is 248 Å². The normalized spacial score (nSPS) is 32.3. The Morgan fingerprint density at radius 2 is 1.55 bits per heavy atom. The Morgan fingerprint density at radius 3 is 2.14 bits per heavy atom. The van der Waals surface area contributed by atoms with Crippen LogP contribution in [0.1, 0.15) is 88.3 Å².